The van der Waals surface area contributed by atoms with E-state index in [0.29, 0.717) is 11.8 Å². The predicted octanol–water partition coefficient (Wildman–Crippen LogP) is 0.956. The molecule has 0 aromatic carbocycles. The third-order valence-corrected chi connectivity index (χ3v) is 3.63. The van der Waals surface area contributed by atoms with Crippen LogP contribution in [0, 0.1) is 17.8 Å². The second-order valence-electron chi connectivity index (χ2n) is 4.27. The molecule has 3 saturated carbocycles. The Morgan fingerprint density at radius 3 is 2.46 bits per heavy atom. The zero-order valence-corrected chi connectivity index (χ0v) is 7.90. The Bertz CT molecular complexity index is 214. The van der Waals surface area contributed by atoms with Crippen LogP contribution in [0.15, 0.2) is 0 Å². The highest BCUT2D eigenvalue weighted by Gasteiger charge is 2.44. The fourth-order valence-electron chi connectivity index (χ4n) is 2.84. The molecule has 4 atom stereocenters. The van der Waals surface area contributed by atoms with Gasteiger partial charge in [-0.05, 0) is 37.5 Å². The molecule has 74 valence electrons. The van der Waals surface area contributed by atoms with Crippen LogP contribution in [0.1, 0.15) is 25.7 Å². The Hall–Kier alpha value is -0.570. The fourth-order valence-corrected chi connectivity index (χ4v) is 2.84. The lowest BCUT2D eigenvalue weighted by Gasteiger charge is -2.43. The lowest BCUT2D eigenvalue weighted by Crippen LogP contribution is -2.43. The summed E-state index contributed by atoms with van der Waals surface area (Å²) < 4.78 is 4.76. The summed E-state index contributed by atoms with van der Waals surface area (Å²) in [6.07, 6.45) is 3.63. The average Bonchev–Trinajstić information content (AvgIpc) is 2.17. The van der Waals surface area contributed by atoms with Gasteiger partial charge >= 0.3 is 5.97 Å². The van der Waals surface area contributed by atoms with Crippen molar-refractivity contribution < 1.29 is 14.6 Å². The first kappa shape index (κ1) is 9.00. The molecule has 0 radical (unpaired) electrons. The summed E-state index contributed by atoms with van der Waals surface area (Å²) in [6.45, 7) is 0. The van der Waals surface area contributed by atoms with E-state index in [1.54, 1.807) is 0 Å². The van der Waals surface area contributed by atoms with Crippen molar-refractivity contribution in [3.05, 3.63) is 0 Å². The molecule has 0 unspecified atom stereocenters. The molecular weight excluding hydrogens is 168 g/mol. The van der Waals surface area contributed by atoms with Gasteiger partial charge in [-0.1, -0.05) is 0 Å². The second-order valence-corrected chi connectivity index (χ2v) is 4.27. The molecule has 1 N–H and O–H groups in total. The molecule has 3 rings (SSSR count). The van der Waals surface area contributed by atoms with Crippen LogP contribution in [0.25, 0.3) is 0 Å². The van der Waals surface area contributed by atoms with E-state index in [4.69, 9.17) is 4.74 Å². The molecule has 13 heavy (non-hydrogen) atoms. The van der Waals surface area contributed by atoms with E-state index >= 15 is 0 Å². The summed E-state index contributed by atoms with van der Waals surface area (Å²) in [5.74, 6) is 0.690. The maximum absolute atomic E-state index is 11.4. The Morgan fingerprint density at radius 1 is 1.31 bits per heavy atom. The number of aliphatic hydroxyl groups excluding tert-OH is 1. The van der Waals surface area contributed by atoms with Gasteiger partial charge in [-0.3, -0.25) is 4.79 Å². The summed E-state index contributed by atoms with van der Waals surface area (Å²) >= 11 is 0. The molecule has 3 aliphatic rings. The SMILES string of the molecule is COC(=O)[C@@H]1C[C@H]2CC[C@@H]1C[C@H]2O. The van der Waals surface area contributed by atoms with Crippen molar-refractivity contribution in [2.45, 2.75) is 31.8 Å². The fraction of sp³-hybridized carbons (Fsp3) is 0.900. The quantitative estimate of drug-likeness (QED) is 0.617. The number of carbonyl (C=O) groups is 1. The molecule has 0 amide bonds. The minimum atomic E-state index is -0.167. The second kappa shape index (κ2) is 3.29. The predicted molar refractivity (Wildman–Crippen MR) is 47.0 cm³/mol. The molecule has 0 aromatic rings. The standard InChI is InChI=1S/C10H16O3/c1-13-10(12)8-4-7-3-2-6(8)5-9(7)11/h6-9,11H,2-5H2,1H3/t6-,7-,8-,9-/m1/s1. The lowest BCUT2D eigenvalue weighted by molar-refractivity contribution is -0.154. The first-order valence-corrected chi connectivity index (χ1v) is 4.98. The number of fused-ring (bicyclic) bond motifs is 3. The van der Waals surface area contributed by atoms with Crippen molar-refractivity contribution in [2.75, 3.05) is 7.11 Å². The molecule has 3 fully saturated rings. The van der Waals surface area contributed by atoms with E-state index in [-0.39, 0.29) is 18.0 Å². The van der Waals surface area contributed by atoms with E-state index in [0.717, 1.165) is 25.7 Å². The summed E-state index contributed by atoms with van der Waals surface area (Å²) in [5, 5.41) is 9.62. The third kappa shape index (κ3) is 1.46. The molecule has 3 aliphatic carbocycles. The maximum Gasteiger partial charge on any atom is 0.308 e. The normalized spacial score (nSPS) is 43.2. The maximum atomic E-state index is 11.4. The van der Waals surface area contributed by atoms with Crippen molar-refractivity contribution in [1.82, 2.24) is 0 Å². The van der Waals surface area contributed by atoms with Gasteiger partial charge in [0.25, 0.3) is 0 Å². The van der Waals surface area contributed by atoms with Gasteiger partial charge in [-0.2, -0.15) is 0 Å². The number of aliphatic hydroxyl groups is 1. The van der Waals surface area contributed by atoms with E-state index in [1.807, 2.05) is 0 Å². The minimum absolute atomic E-state index is 0.0622. The van der Waals surface area contributed by atoms with E-state index in [1.165, 1.54) is 7.11 Å². The molecule has 0 aromatic heterocycles. The molecule has 2 bridgehead atoms. The minimum Gasteiger partial charge on any atom is -0.469 e. The summed E-state index contributed by atoms with van der Waals surface area (Å²) in [7, 11) is 1.45. The third-order valence-electron chi connectivity index (χ3n) is 3.63. The van der Waals surface area contributed by atoms with Gasteiger partial charge < -0.3 is 9.84 Å². The van der Waals surface area contributed by atoms with Crippen LogP contribution in [0.2, 0.25) is 0 Å². The largest absolute Gasteiger partial charge is 0.469 e. The number of esters is 1. The molecule has 0 saturated heterocycles. The highest BCUT2D eigenvalue weighted by Crippen LogP contribution is 2.45. The van der Waals surface area contributed by atoms with Gasteiger partial charge in [-0.15, -0.1) is 0 Å². The zero-order valence-electron chi connectivity index (χ0n) is 7.90. The smallest absolute Gasteiger partial charge is 0.308 e. The highest BCUT2D eigenvalue weighted by atomic mass is 16.5. The Morgan fingerprint density at radius 2 is 2.00 bits per heavy atom. The van der Waals surface area contributed by atoms with Gasteiger partial charge in [0.15, 0.2) is 0 Å². The molecule has 0 spiro atoms. The van der Waals surface area contributed by atoms with Crippen LogP contribution in [0.5, 0.6) is 0 Å². The molecule has 3 heteroatoms. The highest BCUT2D eigenvalue weighted by molar-refractivity contribution is 5.73. The van der Waals surface area contributed by atoms with Crippen molar-refractivity contribution in [1.29, 1.82) is 0 Å². The molecule has 3 nitrogen and oxygen atoms in total. The Labute approximate surface area is 78.1 Å². The number of hydrogen-bond acceptors (Lipinski definition) is 3. The number of rotatable bonds is 1. The zero-order chi connectivity index (χ0) is 9.42. The summed E-state index contributed by atoms with van der Waals surface area (Å²) in [5.41, 5.74) is 0. The number of methoxy groups -OCH3 is 1. The van der Waals surface area contributed by atoms with Crippen molar-refractivity contribution in [3.63, 3.8) is 0 Å². The van der Waals surface area contributed by atoms with Gasteiger partial charge in [0, 0.05) is 0 Å². The first-order chi connectivity index (χ1) is 6.22. The van der Waals surface area contributed by atoms with E-state index in [9.17, 15) is 9.90 Å². The van der Waals surface area contributed by atoms with Crippen molar-refractivity contribution in [2.24, 2.45) is 17.8 Å². The molecule has 0 aliphatic heterocycles. The van der Waals surface area contributed by atoms with Crippen LogP contribution in [0.3, 0.4) is 0 Å². The van der Waals surface area contributed by atoms with Gasteiger partial charge in [0.05, 0.1) is 19.1 Å². The Kier molecular flexibility index (Phi) is 2.28. The number of hydrogen-bond donors (Lipinski definition) is 1. The first-order valence-electron chi connectivity index (χ1n) is 4.98. The average molecular weight is 184 g/mol. The van der Waals surface area contributed by atoms with Crippen molar-refractivity contribution >= 4 is 5.97 Å². The summed E-state index contributed by atoms with van der Waals surface area (Å²) in [4.78, 5) is 11.4. The monoisotopic (exact) mass is 184 g/mol. The Balaban J connectivity index is 2.06. The topological polar surface area (TPSA) is 46.5 Å². The van der Waals surface area contributed by atoms with E-state index < -0.39 is 0 Å². The lowest BCUT2D eigenvalue weighted by atomic mass is 9.63. The summed E-state index contributed by atoms with van der Waals surface area (Å²) in [6, 6.07) is 0. The van der Waals surface area contributed by atoms with Gasteiger partial charge in [0.1, 0.15) is 0 Å². The molecular formula is C10H16O3. The van der Waals surface area contributed by atoms with Crippen molar-refractivity contribution in [3.8, 4) is 0 Å². The van der Waals surface area contributed by atoms with Crippen LogP contribution in [0.4, 0.5) is 0 Å². The number of carbonyl (C=O) groups excluding carboxylic acids is 1. The van der Waals surface area contributed by atoms with Crippen LogP contribution in [-0.4, -0.2) is 24.3 Å². The van der Waals surface area contributed by atoms with Crippen LogP contribution >= 0.6 is 0 Å². The van der Waals surface area contributed by atoms with Gasteiger partial charge in [0.2, 0.25) is 0 Å². The molecule has 0 heterocycles. The van der Waals surface area contributed by atoms with Crippen LogP contribution < -0.4 is 0 Å². The van der Waals surface area contributed by atoms with Gasteiger partial charge in [-0.25, -0.2) is 0 Å². The van der Waals surface area contributed by atoms with E-state index in [2.05, 4.69) is 0 Å². The number of ether oxygens (including phenoxy) is 1. The van der Waals surface area contributed by atoms with Crippen LogP contribution in [-0.2, 0) is 9.53 Å².